The van der Waals surface area contributed by atoms with Crippen LogP contribution in [0.25, 0.3) is 22.5 Å². The predicted octanol–water partition coefficient (Wildman–Crippen LogP) is 4.75. The Hall–Kier alpha value is -2.62. The minimum absolute atomic E-state index is 0.870. The molecule has 25 heavy (non-hydrogen) atoms. The molecule has 0 atom stereocenters. The van der Waals surface area contributed by atoms with Crippen molar-refractivity contribution in [3.05, 3.63) is 54.1 Å². The number of rotatable bonds is 4. The number of benzene rings is 2. The van der Waals surface area contributed by atoms with Crippen LogP contribution in [0.15, 0.2) is 48.5 Å². The van der Waals surface area contributed by atoms with Crippen LogP contribution in [0.2, 0.25) is 0 Å². The normalized spacial score (nSPS) is 12.8. The minimum atomic E-state index is 0.870. The molecule has 2 aromatic carbocycles. The smallest absolute Gasteiger partial charge is 0.121 e. The average molecular weight is 332 g/mol. The summed E-state index contributed by atoms with van der Waals surface area (Å²) in [6.07, 6.45) is 3.55. The molecule has 0 radical (unpaired) electrons. The van der Waals surface area contributed by atoms with Gasteiger partial charge < -0.3 is 4.90 Å². The van der Waals surface area contributed by atoms with E-state index in [0.29, 0.717) is 0 Å². The lowest BCUT2D eigenvalue weighted by Crippen LogP contribution is -2.19. The zero-order chi connectivity index (χ0) is 17.2. The fraction of sp³-hybridized carbons (Fsp3) is 0.333. The molecule has 1 aliphatic rings. The fourth-order valence-corrected chi connectivity index (χ4v) is 3.67. The first-order chi connectivity index (χ1) is 12.3. The number of unbranched alkanes of at least 4 members (excludes halogenated alkanes) is 2. The Morgan fingerprint density at radius 2 is 1.72 bits per heavy atom. The second kappa shape index (κ2) is 6.71. The van der Waals surface area contributed by atoms with Crippen LogP contribution in [0.1, 0.15) is 31.7 Å². The van der Waals surface area contributed by atoms with E-state index in [4.69, 9.17) is 0 Å². The SMILES string of the molecule is CCCCCn1nnc2c1-c1ccccc1N(C)Cc1ccccc1-2. The van der Waals surface area contributed by atoms with Gasteiger partial charge in [-0.3, -0.25) is 0 Å². The summed E-state index contributed by atoms with van der Waals surface area (Å²) in [7, 11) is 2.16. The van der Waals surface area contributed by atoms with Crippen LogP contribution in [0.5, 0.6) is 0 Å². The van der Waals surface area contributed by atoms with Crippen LogP contribution in [0.3, 0.4) is 0 Å². The molecule has 1 aromatic heterocycles. The van der Waals surface area contributed by atoms with Gasteiger partial charge in [-0.2, -0.15) is 0 Å². The maximum atomic E-state index is 4.60. The highest BCUT2D eigenvalue weighted by atomic mass is 15.4. The summed E-state index contributed by atoms with van der Waals surface area (Å²) >= 11 is 0. The molecule has 0 N–H and O–H groups in total. The molecule has 0 unspecified atom stereocenters. The molecule has 0 aliphatic carbocycles. The quantitative estimate of drug-likeness (QED) is 0.646. The van der Waals surface area contributed by atoms with E-state index in [1.807, 2.05) is 0 Å². The molecule has 2 heterocycles. The van der Waals surface area contributed by atoms with Gasteiger partial charge in [-0.25, -0.2) is 4.68 Å². The van der Waals surface area contributed by atoms with Gasteiger partial charge in [0.05, 0.1) is 5.69 Å². The summed E-state index contributed by atoms with van der Waals surface area (Å²) in [5, 5.41) is 9.12. The van der Waals surface area contributed by atoms with Crippen LogP contribution < -0.4 is 4.90 Å². The Kier molecular flexibility index (Phi) is 4.26. The molecule has 4 nitrogen and oxygen atoms in total. The molecule has 0 saturated heterocycles. The molecule has 0 amide bonds. The van der Waals surface area contributed by atoms with Crippen molar-refractivity contribution in [3.8, 4) is 22.5 Å². The predicted molar refractivity (Wildman–Crippen MR) is 103 cm³/mol. The summed E-state index contributed by atoms with van der Waals surface area (Å²) in [5.74, 6) is 0. The topological polar surface area (TPSA) is 34.0 Å². The van der Waals surface area contributed by atoms with Gasteiger partial charge in [0.2, 0.25) is 0 Å². The lowest BCUT2D eigenvalue weighted by atomic mass is 9.96. The largest absolute Gasteiger partial charge is 0.370 e. The molecule has 0 fully saturated rings. The number of aryl methyl sites for hydroxylation is 1. The molecule has 1 aliphatic heterocycles. The van der Waals surface area contributed by atoms with Gasteiger partial charge in [0.25, 0.3) is 0 Å². The van der Waals surface area contributed by atoms with Crippen molar-refractivity contribution in [1.82, 2.24) is 15.0 Å². The van der Waals surface area contributed by atoms with Crippen molar-refractivity contribution in [3.63, 3.8) is 0 Å². The van der Waals surface area contributed by atoms with Crippen molar-refractivity contribution in [2.24, 2.45) is 0 Å². The summed E-state index contributed by atoms with van der Waals surface area (Å²) < 4.78 is 2.10. The molecule has 128 valence electrons. The zero-order valence-corrected chi connectivity index (χ0v) is 14.9. The molecule has 0 saturated carbocycles. The Balaban J connectivity index is 1.93. The highest BCUT2D eigenvalue weighted by Gasteiger charge is 2.24. The first-order valence-corrected chi connectivity index (χ1v) is 9.12. The zero-order valence-electron chi connectivity index (χ0n) is 14.9. The Bertz CT molecular complexity index is 881. The average Bonchev–Trinajstić information content (AvgIpc) is 3.04. The van der Waals surface area contributed by atoms with E-state index in [1.165, 1.54) is 35.2 Å². The van der Waals surface area contributed by atoms with Crippen LogP contribution in [-0.2, 0) is 13.1 Å². The Labute approximate surface area is 149 Å². The van der Waals surface area contributed by atoms with Crippen molar-refractivity contribution in [2.75, 3.05) is 11.9 Å². The van der Waals surface area contributed by atoms with E-state index in [-0.39, 0.29) is 0 Å². The van der Waals surface area contributed by atoms with Gasteiger partial charge >= 0.3 is 0 Å². The number of hydrogen-bond acceptors (Lipinski definition) is 3. The van der Waals surface area contributed by atoms with E-state index in [9.17, 15) is 0 Å². The van der Waals surface area contributed by atoms with E-state index < -0.39 is 0 Å². The first kappa shape index (κ1) is 15.9. The third kappa shape index (κ3) is 2.82. The summed E-state index contributed by atoms with van der Waals surface area (Å²) in [6, 6.07) is 17.1. The van der Waals surface area contributed by atoms with Gasteiger partial charge in [0.15, 0.2) is 0 Å². The highest BCUT2D eigenvalue weighted by Crippen LogP contribution is 2.40. The number of hydrogen-bond donors (Lipinski definition) is 0. The number of fused-ring (bicyclic) bond motifs is 5. The monoisotopic (exact) mass is 332 g/mol. The summed E-state index contributed by atoms with van der Waals surface area (Å²) in [5.41, 5.74) is 7.09. The summed E-state index contributed by atoms with van der Waals surface area (Å²) in [6.45, 7) is 4.01. The molecule has 4 rings (SSSR count). The molecule has 4 heteroatoms. The lowest BCUT2D eigenvalue weighted by molar-refractivity contribution is 0.541. The van der Waals surface area contributed by atoms with Crippen molar-refractivity contribution >= 4 is 5.69 Å². The Morgan fingerprint density at radius 1 is 0.960 bits per heavy atom. The second-order valence-corrected chi connectivity index (χ2v) is 6.75. The van der Waals surface area contributed by atoms with Crippen LogP contribution >= 0.6 is 0 Å². The minimum Gasteiger partial charge on any atom is -0.370 e. The van der Waals surface area contributed by atoms with Gasteiger partial charge in [-0.1, -0.05) is 67.4 Å². The first-order valence-electron chi connectivity index (χ1n) is 9.12. The van der Waals surface area contributed by atoms with Gasteiger partial charge in [-0.05, 0) is 18.1 Å². The van der Waals surface area contributed by atoms with Crippen LogP contribution in [-0.4, -0.2) is 22.0 Å². The number of nitrogens with zero attached hydrogens (tertiary/aromatic N) is 4. The number of para-hydroxylation sites is 1. The molecule has 3 aromatic rings. The van der Waals surface area contributed by atoms with Crippen molar-refractivity contribution in [2.45, 2.75) is 39.3 Å². The summed E-state index contributed by atoms with van der Waals surface area (Å²) in [4.78, 5) is 2.32. The van der Waals surface area contributed by atoms with E-state index in [0.717, 1.165) is 30.9 Å². The van der Waals surface area contributed by atoms with Crippen LogP contribution in [0, 0.1) is 0 Å². The van der Waals surface area contributed by atoms with Gasteiger partial charge in [0, 0.05) is 37.0 Å². The van der Waals surface area contributed by atoms with Gasteiger partial charge in [0.1, 0.15) is 5.69 Å². The molecule has 0 bridgehead atoms. The van der Waals surface area contributed by atoms with E-state index in [2.05, 4.69) is 82.4 Å². The molecular formula is C21H24N4. The number of aromatic nitrogens is 3. The highest BCUT2D eigenvalue weighted by molar-refractivity contribution is 5.87. The fourth-order valence-electron chi connectivity index (χ4n) is 3.67. The number of anilines is 1. The van der Waals surface area contributed by atoms with Gasteiger partial charge in [-0.15, -0.1) is 5.10 Å². The van der Waals surface area contributed by atoms with Crippen molar-refractivity contribution < 1.29 is 0 Å². The maximum absolute atomic E-state index is 4.60. The maximum Gasteiger partial charge on any atom is 0.121 e. The standard InChI is InChI=1S/C21H24N4/c1-3-4-9-14-25-21-18-12-7-8-13-19(18)24(2)15-16-10-5-6-11-17(16)20(21)22-23-25/h5-8,10-13H,3-4,9,14-15H2,1-2H3. The Morgan fingerprint density at radius 3 is 2.56 bits per heavy atom. The van der Waals surface area contributed by atoms with E-state index in [1.54, 1.807) is 0 Å². The van der Waals surface area contributed by atoms with E-state index >= 15 is 0 Å². The second-order valence-electron chi connectivity index (χ2n) is 6.75. The lowest BCUT2D eigenvalue weighted by Gasteiger charge is -2.26. The molecule has 0 spiro atoms. The molecular weight excluding hydrogens is 308 g/mol. The third-order valence-corrected chi connectivity index (χ3v) is 4.96. The van der Waals surface area contributed by atoms with Crippen LogP contribution in [0.4, 0.5) is 5.69 Å². The van der Waals surface area contributed by atoms with Crippen molar-refractivity contribution in [1.29, 1.82) is 0 Å². The third-order valence-electron chi connectivity index (χ3n) is 4.96.